The van der Waals surface area contributed by atoms with Gasteiger partial charge in [-0.05, 0) is 32.0 Å². The standard InChI is InChI=1S/C17H22ClN5OS2/c1-12(2)23-11-19-21-17(23)26-10-16(24)20-13-3-4-15(14(18)9-13)22-5-7-25-8-6-22/h3-4,9,11-12H,5-8,10H2,1-2H3,(H,20,24). The van der Waals surface area contributed by atoms with Crippen LogP contribution in [-0.2, 0) is 4.79 Å². The number of carbonyl (C=O) groups is 1. The summed E-state index contributed by atoms with van der Waals surface area (Å²) in [5, 5.41) is 12.3. The fourth-order valence-corrected chi connectivity index (χ4v) is 4.71. The van der Waals surface area contributed by atoms with Crippen molar-refractivity contribution in [3.8, 4) is 0 Å². The van der Waals surface area contributed by atoms with Crippen LogP contribution in [0, 0.1) is 0 Å². The number of aromatic nitrogens is 3. The average molecular weight is 412 g/mol. The SMILES string of the molecule is CC(C)n1cnnc1SCC(=O)Nc1ccc(N2CCSCC2)c(Cl)c1. The lowest BCUT2D eigenvalue weighted by atomic mass is 10.2. The zero-order valence-corrected chi connectivity index (χ0v) is 17.2. The first kappa shape index (κ1) is 19.4. The van der Waals surface area contributed by atoms with Crippen molar-refractivity contribution in [2.45, 2.75) is 25.0 Å². The van der Waals surface area contributed by atoms with Gasteiger partial charge in [0.1, 0.15) is 6.33 Å². The Morgan fingerprint density at radius 2 is 2.15 bits per heavy atom. The summed E-state index contributed by atoms with van der Waals surface area (Å²) in [6.07, 6.45) is 1.68. The van der Waals surface area contributed by atoms with Gasteiger partial charge in [0.05, 0.1) is 16.5 Å². The molecule has 140 valence electrons. The Labute approximate surface area is 167 Å². The molecule has 0 spiro atoms. The van der Waals surface area contributed by atoms with Crippen molar-refractivity contribution in [2.24, 2.45) is 0 Å². The molecule has 0 atom stereocenters. The van der Waals surface area contributed by atoms with Gasteiger partial charge in [0.15, 0.2) is 5.16 Å². The van der Waals surface area contributed by atoms with Crippen molar-refractivity contribution >= 4 is 52.4 Å². The molecule has 1 saturated heterocycles. The predicted octanol–water partition coefficient (Wildman–Crippen LogP) is 3.80. The number of halogens is 1. The summed E-state index contributed by atoms with van der Waals surface area (Å²) >= 11 is 9.77. The molecule has 1 N–H and O–H groups in total. The molecule has 0 unspecified atom stereocenters. The van der Waals surface area contributed by atoms with Gasteiger partial charge in [-0.2, -0.15) is 11.8 Å². The molecule has 9 heteroatoms. The van der Waals surface area contributed by atoms with Gasteiger partial charge in [-0.3, -0.25) is 4.79 Å². The molecule has 6 nitrogen and oxygen atoms in total. The quantitative estimate of drug-likeness (QED) is 0.729. The lowest BCUT2D eigenvalue weighted by molar-refractivity contribution is -0.113. The van der Waals surface area contributed by atoms with E-state index in [0.29, 0.717) is 10.7 Å². The van der Waals surface area contributed by atoms with Crippen LogP contribution in [0.5, 0.6) is 0 Å². The Morgan fingerprint density at radius 1 is 1.38 bits per heavy atom. The van der Waals surface area contributed by atoms with Gasteiger partial charge in [-0.1, -0.05) is 23.4 Å². The number of amides is 1. The Kier molecular flexibility index (Phi) is 6.72. The van der Waals surface area contributed by atoms with E-state index in [1.165, 1.54) is 11.8 Å². The van der Waals surface area contributed by atoms with Crippen molar-refractivity contribution in [1.29, 1.82) is 0 Å². The number of anilines is 2. The molecule has 0 saturated carbocycles. The Balaban J connectivity index is 1.57. The van der Waals surface area contributed by atoms with Crippen LogP contribution in [0.25, 0.3) is 0 Å². The average Bonchev–Trinajstić information content (AvgIpc) is 3.10. The Hall–Kier alpha value is -1.38. The zero-order valence-electron chi connectivity index (χ0n) is 14.8. The highest BCUT2D eigenvalue weighted by molar-refractivity contribution is 7.99. The van der Waals surface area contributed by atoms with Crippen LogP contribution in [-0.4, -0.2) is 51.0 Å². The topological polar surface area (TPSA) is 63.1 Å². The van der Waals surface area contributed by atoms with Gasteiger partial charge >= 0.3 is 0 Å². The molecule has 0 radical (unpaired) electrons. The molecule has 0 bridgehead atoms. The minimum absolute atomic E-state index is 0.0912. The number of carbonyl (C=O) groups excluding carboxylic acids is 1. The molecule has 1 aliphatic heterocycles. The number of rotatable bonds is 6. The number of benzene rings is 1. The third-order valence-corrected chi connectivity index (χ3v) is 6.21. The first-order valence-electron chi connectivity index (χ1n) is 8.49. The molecule has 1 fully saturated rings. The van der Waals surface area contributed by atoms with Crippen molar-refractivity contribution in [2.75, 3.05) is 40.6 Å². The fourth-order valence-electron chi connectivity index (χ4n) is 2.66. The third kappa shape index (κ3) is 4.86. The van der Waals surface area contributed by atoms with Crippen LogP contribution in [0.15, 0.2) is 29.7 Å². The highest BCUT2D eigenvalue weighted by Crippen LogP contribution is 2.30. The predicted molar refractivity (Wildman–Crippen MR) is 111 cm³/mol. The van der Waals surface area contributed by atoms with E-state index in [0.717, 1.165) is 35.4 Å². The third-order valence-electron chi connectivity index (χ3n) is 4.01. The summed E-state index contributed by atoms with van der Waals surface area (Å²) in [5.74, 6) is 2.42. The highest BCUT2D eigenvalue weighted by atomic mass is 35.5. The first-order chi connectivity index (χ1) is 12.5. The summed E-state index contributed by atoms with van der Waals surface area (Å²) < 4.78 is 1.94. The van der Waals surface area contributed by atoms with Gasteiger partial charge in [-0.15, -0.1) is 10.2 Å². The van der Waals surface area contributed by atoms with E-state index in [1.54, 1.807) is 6.33 Å². The summed E-state index contributed by atoms with van der Waals surface area (Å²) in [4.78, 5) is 14.5. The molecule has 1 aliphatic rings. The monoisotopic (exact) mass is 411 g/mol. The second-order valence-electron chi connectivity index (χ2n) is 6.22. The molecular formula is C17H22ClN5OS2. The number of nitrogens with one attached hydrogen (secondary N) is 1. The van der Waals surface area contributed by atoms with E-state index in [2.05, 4.69) is 34.3 Å². The van der Waals surface area contributed by atoms with Gasteiger partial charge in [-0.25, -0.2) is 0 Å². The molecule has 1 amide bonds. The number of hydrogen-bond donors (Lipinski definition) is 1. The van der Waals surface area contributed by atoms with Crippen molar-refractivity contribution < 1.29 is 4.79 Å². The molecule has 26 heavy (non-hydrogen) atoms. The Bertz CT molecular complexity index is 761. The maximum atomic E-state index is 12.2. The van der Waals surface area contributed by atoms with Gasteiger partial charge in [0.2, 0.25) is 5.91 Å². The fraction of sp³-hybridized carbons (Fsp3) is 0.471. The van der Waals surface area contributed by atoms with Crippen LogP contribution < -0.4 is 10.2 Å². The lowest BCUT2D eigenvalue weighted by Crippen LogP contribution is -2.32. The second-order valence-corrected chi connectivity index (χ2v) is 8.79. The Morgan fingerprint density at radius 3 is 2.85 bits per heavy atom. The van der Waals surface area contributed by atoms with Crippen LogP contribution >= 0.6 is 35.1 Å². The molecular weight excluding hydrogens is 390 g/mol. The normalized spacial score (nSPS) is 14.7. The maximum Gasteiger partial charge on any atom is 0.234 e. The smallest absolute Gasteiger partial charge is 0.234 e. The molecule has 0 aliphatic carbocycles. The summed E-state index contributed by atoms with van der Waals surface area (Å²) in [5.41, 5.74) is 1.74. The summed E-state index contributed by atoms with van der Waals surface area (Å²) in [7, 11) is 0. The van der Waals surface area contributed by atoms with Gasteiger partial charge in [0.25, 0.3) is 0 Å². The van der Waals surface area contributed by atoms with E-state index in [9.17, 15) is 4.79 Å². The minimum Gasteiger partial charge on any atom is -0.369 e. The summed E-state index contributed by atoms with van der Waals surface area (Å²) in [6, 6.07) is 5.96. The van der Waals surface area contributed by atoms with E-state index >= 15 is 0 Å². The highest BCUT2D eigenvalue weighted by Gasteiger charge is 2.15. The van der Waals surface area contributed by atoms with Crippen molar-refractivity contribution in [1.82, 2.24) is 14.8 Å². The number of nitrogens with zero attached hydrogens (tertiary/aromatic N) is 4. The maximum absolute atomic E-state index is 12.2. The molecule has 2 aromatic rings. The van der Waals surface area contributed by atoms with E-state index in [1.807, 2.05) is 34.5 Å². The van der Waals surface area contributed by atoms with Crippen molar-refractivity contribution in [3.63, 3.8) is 0 Å². The largest absolute Gasteiger partial charge is 0.369 e. The van der Waals surface area contributed by atoms with Crippen molar-refractivity contribution in [3.05, 3.63) is 29.5 Å². The van der Waals surface area contributed by atoms with Gasteiger partial charge < -0.3 is 14.8 Å². The van der Waals surface area contributed by atoms with Crippen LogP contribution in [0.2, 0.25) is 5.02 Å². The first-order valence-corrected chi connectivity index (χ1v) is 11.0. The molecule has 1 aromatic carbocycles. The molecule has 3 rings (SSSR count). The van der Waals surface area contributed by atoms with E-state index in [4.69, 9.17) is 11.6 Å². The van der Waals surface area contributed by atoms with Crippen LogP contribution in [0.3, 0.4) is 0 Å². The second kappa shape index (κ2) is 9.01. The summed E-state index contributed by atoms with van der Waals surface area (Å²) in [6.45, 7) is 6.11. The minimum atomic E-state index is -0.0912. The molecule has 2 heterocycles. The van der Waals surface area contributed by atoms with Gasteiger partial charge in [0, 0.05) is 36.3 Å². The van der Waals surface area contributed by atoms with E-state index in [-0.39, 0.29) is 17.7 Å². The van der Waals surface area contributed by atoms with Crippen LogP contribution in [0.4, 0.5) is 11.4 Å². The number of hydrogen-bond acceptors (Lipinski definition) is 6. The van der Waals surface area contributed by atoms with Crippen LogP contribution in [0.1, 0.15) is 19.9 Å². The molecule has 1 aromatic heterocycles. The zero-order chi connectivity index (χ0) is 18.5. The number of thioether (sulfide) groups is 2. The van der Waals surface area contributed by atoms with E-state index < -0.39 is 0 Å². The lowest BCUT2D eigenvalue weighted by Gasteiger charge is -2.29.